The fourth-order valence-corrected chi connectivity index (χ4v) is 2.38. The number of hydrogen-bond donors (Lipinski definition) is 1. The summed E-state index contributed by atoms with van der Waals surface area (Å²) in [5.41, 5.74) is 1.31. The largest absolute Gasteiger partial charge is 0.395 e. The number of aliphatic hydroxyl groups excluding tert-OH is 1. The molecule has 0 radical (unpaired) electrons. The van der Waals surface area contributed by atoms with E-state index in [9.17, 15) is 0 Å². The molecule has 0 aliphatic carbocycles. The Balaban J connectivity index is 1.91. The van der Waals surface area contributed by atoms with E-state index in [1.165, 1.54) is 9.26 Å². The molecular formula is C12H17IN2O. The monoisotopic (exact) mass is 332 g/mol. The van der Waals surface area contributed by atoms with E-state index in [1.54, 1.807) is 0 Å². The number of aliphatic hydroxyl groups is 1. The minimum absolute atomic E-state index is 0.267. The normalized spacial score (nSPS) is 17.8. The molecule has 1 aliphatic heterocycles. The van der Waals surface area contributed by atoms with E-state index in [0.717, 1.165) is 32.7 Å². The third-order valence-electron chi connectivity index (χ3n) is 2.98. The molecule has 1 heterocycles. The van der Waals surface area contributed by atoms with Gasteiger partial charge in [0.2, 0.25) is 0 Å². The molecule has 1 aromatic carbocycles. The van der Waals surface area contributed by atoms with Crippen molar-refractivity contribution in [3.05, 3.63) is 27.8 Å². The highest BCUT2D eigenvalue weighted by molar-refractivity contribution is 14.1. The molecule has 0 saturated carbocycles. The van der Waals surface area contributed by atoms with Crippen molar-refractivity contribution in [1.29, 1.82) is 0 Å². The molecule has 0 unspecified atom stereocenters. The smallest absolute Gasteiger partial charge is 0.0558 e. The second kappa shape index (κ2) is 5.84. The van der Waals surface area contributed by atoms with Gasteiger partial charge in [-0.2, -0.15) is 0 Å². The predicted molar refractivity (Wildman–Crippen MR) is 74.9 cm³/mol. The molecule has 1 N–H and O–H groups in total. The van der Waals surface area contributed by atoms with Crippen LogP contribution in [0.5, 0.6) is 0 Å². The number of hydrogen-bond acceptors (Lipinski definition) is 3. The quantitative estimate of drug-likeness (QED) is 0.848. The van der Waals surface area contributed by atoms with Crippen LogP contribution in [0.15, 0.2) is 24.3 Å². The Labute approximate surface area is 110 Å². The van der Waals surface area contributed by atoms with Gasteiger partial charge in [0.15, 0.2) is 0 Å². The molecule has 16 heavy (non-hydrogen) atoms. The summed E-state index contributed by atoms with van der Waals surface area (Å²) in [5, 5.41) is 8.88. The van der Waals surface area contributed by atoms with Gasteiger partial charge in [0, 0.05) is 42.0 Å². The molecule has 1 aromatic rings. The maximum absolute atomic E-state index is 8.88. The second-order valence-electron chi connectivity index (χ2n) is 4.03. The second-order valence-corrected chi connectivity index (χ2v) is 5.27. The van der Waals surface area contributed by atoms with E-state index in [-0.39, 0.29) is 6.61 Å². The highest BCUT2D eigenvalue weighted by Gasteiger charge is 2.16. The fraction of sp³-hybridized carbons (Fsp3) is 0.500. The molecule has 1 saturated heterocycles. The Kier molecular flexibility index (Phi) is 4.43. The van der Waals surface area contributed by atoms with Crippen LogP contribution in [0.1, 0.15) is 0 Å². The van der Waals surface area contributed by atoms with Gasteiger partial charge in [-0.3, -0.25) is 4.90 Å². The Hall–Kier alpha value is -0.330. The van der Waals surface area contributed by atoms with Crippen LogP contribution in [0.2, 0.25) is 0 Å². The lowest BCUT2D eigenvalue weighted by Crippen LogP contribution is -2.47. The van der Waals surface area contributed by atoms with Crippen LogP contribution in [0.4, 0.5) is 5.69 Å². The van der Waals surface area contributed by atoms with E-state index in [0.29, 0.717) is 0 Å². The van der Waals surface area contributed by atoms with Crippen molar-refractivity contribution in [2.75, 3.05) is 44.2 Å². The number of piperazine rings is 1. The molecular weight excluding hydrogens is 315 g/mol. The summed E-state index contributed by atoms with van der Waals surface area (Å²) in [5.74, 6) is 0. The first-order valence-corrected chi connectivity index (χ1v) is 6.71. The number of β-amino-alcohol motifs (C(OH)–C–C–N with tert-alkyl or cyclic N) is 1. The summed E-state index contributed by atoms with van der Waals surface area (Å²) in [4.78, 5) is 4.72. The number of nitrogens with zero attached hydrogens (tertiary/aromatic N) is 2. The standard InChI is InChI=1S/C12H17IN2O/c13-11-1-3-12(4-2-11)15-7-5-14(6-8-15)9-10-16/h1-4,16H,5-10H2. The molecule has 1 aliphatic rings. The number of benzene rings is 1. The van der Waals surface area contributed by atoms with Crippen molar-refractivity contribution in [2.24, 2.45) is 0 Å². The van der Waals surface area contributed by atoms with E-state index in [1.807, 2.05) is 0 Å². The zero-order valence-corrected chi connectivity index (χ0v) is 11.4. The van der Waals surface area contributed by atoms with Crippen LogP contribution in [-0.4, -0.2) is 49.3 Å². The van der Waals surface area contributed by atoms with E-state index < -0.39 is 0 Å². The van der Waals surface area contributed by atoms with Crippen LogP contribution in [-0.2, 0) is 0 Å². The topological polar surface area (TPSA) is 26.7 Å². The maximum atomic E-state index is 8.88. The fourth-order valence-electron chi connectivity index (χ4n) is 2.02. The number of rotatable bonds is 3. The molecule has 0 aromatic heterocycles. The molecule has 3 nitrogen and oxygen atoms in total. The van der Waals surface area contributed by atoms with Crippen LogP contribution in [0.25, 0.3) is 0 Å². The van der Waals surface area contributed by atoms with Crippen LogP contribution < -0.4 is 4.90 Å². The first-order chi connectivity index (χ1) is 7.79. The summed E-state index contributed by atoms with van der Waals surface area (Å²) in [6, 6.07) is 8.67. The van der Waals surface area contributed by atoms with Gasteiger partial charge < -0.3 is 10.0 Å². The van der Waals surface area contributed by atoms with Crippen LogP contribution >= 0.6 is 22.6 Å². The van der Waals surface area contributed by atoms with E-state index >= 15 is 0 Å². The average Bonchev–Trinajstić information content (AvgIpc) is 2.32. The Morgan fingerprint density at radius 1 is 1.06 bits per heavy atom. The lowest BCUT2D eigenvalue weighted by Gasteiger charge is -2.35. The Morgan fingerprint density at radius 3 is 2.25 bits per heavy atom. The predicted octanol–water partition coefficient (Wildman–Crippen LogP) is 1.41. The van der Waals surface area contributed by atoms with Gasteiger partial charge in [-0.25, -0.2) is 0 Å². The lowest BCUT2D eigenvalue weighted by molar-refractivity contribution is 0.189. The minimum Gasteiger partial charge on any atom is -0.395 e. The molecule has 0 amide bonds. The molecule has 0 spiro atoms. The minimum atomic E-state index is 0.267. The Bertz CT molecular complexity index is 320. The Morgan fingerprint density at radius 2 is 1.69 bits per heavy atom. The van der Waals surface area contributed by atoms with Crippen molar-refractivity contribution in [3.8, 4) is 0 Å². The first-order valence-electron chi connectivity index (χ1n) is 5.63. The highest BCUT2D eigenvalue weighted by Crippen LogP contribution is 2.17. The highest BCUT2D eigenvalue weighted by atomic mass is 127. The van der Waals surface area contributed by atoms with Crippen LogP contribution in [0.3, 0.4) is 0 Å². The molecule has 1 fully saturated rings. The van der Waals surface area contributed by atoms with Crippen molar-refractivity contribution in [3.63, 3.8) is 0 Å². The molecule has 88 valence electrons. The first kappa shape index (κ1) is 12.1. The van der Waals surface area contributed by atoms with Crippen LogP contribution in [0, 0.1) is 3.57 Å². The molecule has 2 rings (SSSR count). The number of halogens is 1. The van der Waals surface area contributed by atoms with Gasteiger partial charge in [-0.15, -0.1) is 0 Å². The van der Waals surface area contributed by atoms with Gasteiger partial charge in [-0.05, 0) is 46.9 Å². The molecule has 0 atom stereocenters. The van der Waals surface area contributed by atoms with Gasteiger partial charge in [0.05, 0.1) is 6.61 Å². The number of anilines is 1. The third-order valence-corrected chi connectivity index (χ3v) is 3.70. The molecule has 0 bridgehead atoms. The zero-order valence-electron chi connectivity index (χ0n) is 9.27. The molecule has 4 heteroatoms. The summed E-state index contributed by atoms with van der Waals surface area (Å²) in [6.07, 6.45) is 0. The summed E-state index contributed by atoms with van der Waals surface area (Å²) < 4.78 is 1.28. The third kappa shape index (κ3) is 3.09. The lowest BCUT2D eigenvalue weighted by atomic mass is 10.2. The van der Waals surface area contributed by atoms with Gasteiger partial charge in [0.25, 0.3) is 0 Å². The van der Waals surface area contributed by atoms with E-state index in [4.69, 9.17) is 5.11 Å². The van der Waals surface area contributed by atoms with Crippen molar-refractivity contribution >= 4 is 28.3 Å². The summed E-state index contributed by atoms with van der Waals surface area (Å²) >= 11 is 2.33. The maximum Gasteiger partial charge on any atom is 0.0558 e. The van der Waals surface area contributed by atoms with Gasteiger partial charge in [0.1, 0.15) is 0 Å². The van der Waals surface area contributed by atoms with Gasteiger partial charge >= 0.3 is 0 Å². The van der Waals surface area contributed by atoms with Crippen molar-refractivity contribution < 1.29 is 5.11 Å². The van der Waals surface area contributed by atoms with Gasteiger partial charge in [-0.1, -0.05) is 0 Å². The van der Waals surface area contributed by atoms with Crippen molar-refractivity contribution in [1.82, 2.24) is 4.90 Å². The summed E-state index contributed by atoms with van der Waals surface area (Å²) in [7, 11) is 0. The zero-order chi connectivity index (χ0) is 11.4. The average molecular weight is 332 g/mol. The summed E-state index contributed by atoms with van der Waals surface area (Å²) in [6.45, 7) is 5.28. The van der Waals surface area contributed by atoms with Crippen molar-refractivity contribution in [2.45, 2.75) is 0 Å². The van der Waals surface area contributed by atoms with E-state index in [2.05, 4.69) is 56.7 Å². The SMILES string of the molecule is OCCN1CCN(c2ccc(I)cc2)CC1.